The lowest BCUT2D eigenvalue weighted by molar-refractivity contribution is 0.162. The Morgan fingerprint density at radius 3 is 2.94 bits per heavy atom. The summed E-state index contributed by atoms with van der Waals surface area (Å²) in [5, 5.41) is 15.0. The van der Waals surface area contributed by atoms with Crippen molar-refractivity contribution in [2.24, 2.45) is 0 Å². The fraction of sp³-hybridized carbons (Fsp3) is 0.455. The third kappa shape index (κ3) is 5.51. The number of pyridine rings is 1. The van der Waals surface area contributed by atoms with E-state index in [0.717, 1.165) is 6.42 Å². The fourth-order valence-electron chi connectivity index (χ4n) is 1.27. The molecule has 0 saturated heterocycles. The summed E-state index contributed by atoms with van der Waals surface area (Å²) < 4.78 is 0. The minimum atomic E-state index is -0.505. The van der Waals surface area contributed by atoms with Gasteiger partial charge < -0.3 is 15.7 Å². The summed E-state index contributed by atoms with van der Waals surface area (Å²) in [7, 11) is 0. The van der Waals surface area contributed by atoms with E-state index in [1.54, 1.807) is 12.1 Å². The van der Waals surface area contributed by atoms with Gasteiger partial charge in [-0.2, -0.15) is 0 Å². The van der Waals surface area contributed by atoms with E-state index >= 15 is 0 Å². The molecule has 1 aromatic heterocycles. The van der Waals surface area contributed by atoms with Gasteiger partial charge in [-0.05, 0) is 18.6 Å². The van der Waals surface area contributed by atoms with E-state index in [1.165, 1.54) is 6.20 Å². The molecule has 0 fully saturated rings. The Morgan fingerprint density at radius 2 is 2.35 bits per heavy atom. The van der Waals surface area contributed by atoms with Gasteiger partial charge in [0.25, 0.3) is 0 Å². The molecule has 0 bridgehead atoms. The van der Waals surface area contributed by atoms with Crippen molar-refractivity contribution < 1.29 is 9.90 Å². The third-order valence-electron chi connectivity index (χ3n) is 2.11. The van der Waals surface area contributed by atoms with Crippen LogP contribution >= 0.6 is 11.6 Å². The highest BCUT2D eigenvalue weighted by atomic mass is 35.5. The maximum absolute atomic E-state index is 11.4. The van der Waals surface area contributed by atoms with Crippen LogP contribution in [0, 0.1) is 0 Å². The predicted molar refractivity (Wildman–Crippen MR) is 67.2 cm³/mol. The largest absolute Gasteiger partial charge is 0.391 e. The van der Waals surface area contributed by atoms with Crippen molar-refractivity contribution in [3.63, 3.8) is 0 Å². The topological polar surface area (TPSA) is 74.2 Å². The molecular weight excluding hydrogens is 242 g/mol. The van der Waals surface area contributed by atoms with Gasteiger partial charge in [-0.1, -0.05) is 24.9 Å². The Labute approximate surface area is 105 Å². The van der Waals surface area contributed by atoms with Crippen LogP contribution in [0.2, 0.25) is 5.15 Å². The minimum Gasteiger partial charge on any atom is -0.391 e. The van der Waals surface area contributed by atoms with Crippen molar-refractivity contribution in [1.82, 2.24) is 10.3 Å². The van der Waals surface area contributed by atoms with E-state index in [1.807, 2.05) is 6.92 Å². The number of aliphatic hydroxyl groups is 1. The maximum Gasteiger partial charge on any atom is 0.319 e. The number of nitrogens with zero attached hydrogens (tertiary/aromatic N) is 1. The van der Waals surface area contributed by atoms with Crippen LogP contribution in [0.5, 0.6) is 0 Å². The molecule has 0 saturated carbocycles. The highest BCUT2D eigenvalue weighted by Crippen LogP contribution is 2.09. The monoisotopic (exact) mass is 257 g/mol. The second kappa shape index (κ2) is 7.09. The first-order valence-corrected chi connectivity index (χ1v) is 5.84. The second-order valence-electron chi connectivity index (χ2n) is 3.65. The fourth-order valence-corrected chi connectivity index (χ4v) is 1.38. The average Bonchev–Trinajstić information content (AvgIpc) is 2.30. The number of aromatic nitrogens is 1. The summed E-state index contributed by atoms with van der Waals surface area (Å²) in [5.74, 6) is 0. The van der Waals surface area contributed by atoms with E-state index in [2.05, 4.69) is 15.6 Å². The molecule has 0 aliphatic heterocycles. The van der Waals surface area contributed by atoms with Crippen molar-refractivity contribution in [2.45, 2.75) is 25.9 Å². The molecule has 0 aliphatic rings. The van der Waals surface area contributed by atoms with Crippen LogP contribution in [0.15, 0.2) is 18.3 Å². The van der Waals surface area contributed by atoms with Crippen molar-refractivity contribution in [3.8, 4) is 0 Å². The zero-order valence-electron chi connectivity index (χ0n) is 9.61. The molecule has 0 aliphatic carbocycles. The number of nitrogens with one attached hydrogen (secondary N) is 2. The van der Waals surface area contributed by atoms with Gasteiger partial charge in [0.05, 0.1) is 18.0 Å². The predicted octanol–water partition coefficient (Wildman–Crippen LogP) is 2.02. The summed E-state index contributed by atoms with van der Waals surface area (Å²) >= 11 is 5.61. The number of urea groups is 1. The molecule has 0 aromatic carbocycles. The van der Waals surface area contributed by atoms with Gasteiger partial charge in [0.1, 0.15) is 5.15 Å². The summed E-state index contributed by atoms with van der Waals surface area (Å²) in [5.41, 5.74) is 0.553. The normalized spacial score (nSPS) is 11.9. The molecule has 1 rings (SSSR count). The smallest absolute Gasteiger partial charge is 0.319 e. The van der Waals surface area contributed by atoms with E-state index in [4.69, 9.17) is 11.6 Å². The molecule has 5 nitrogen and oxygen atoms in total. The van der Waals surface area contributed by atoms with Crippen molar-refractivity contribution in [3.05, 3.63) is 23.5 Å². The molecule has 1 unspecified atom stereocenters. The number of halogens is 1. The molecular formula is C11H16ClN3O2. The van der Waals surface area contributed by atoms with E-state index in [9.17, 15) is 9.90 Å². The number of amides is 2. The van der Waals surface area contributed by atoms with E-state index in [0.29, 0.717) is 17.3 Å². The minimum absolute atomic E-state index is 0.237. The third-order valence-corrected chi connectivity index (χ3v) is 2.33. The number of anilines is 1. The van der Waals surface area contributed by atoms with Gasteiger partial charge in [-0.3, -0.25) is 0 Å². The first-order chi connectivity index (χ1) is 8.11. The van der Waals surface area contributed by atoms with Crippen LogP contribution in [0.3, 0.4) is 0 Å². The Kier molecular flexibility index (Phi) is 5.72. The van der Waals surface area contributed by atoms with Gasteiger partial charge in [0.2, 0.25) is 0 Å². The molecule has 1 aromatic rings. The molecule has 3 N–H and O–H groups in total. The van der Waals surface area contributed by atoms with Gasteiger partial charge >= 0.3 is 6.03 Å². The summed E-state index contributed by atoms with van der Waals surface area (Å²) in [4.78, 5) is 15.2. The van der Waals surface area contributed by atoms with Gasteiger partial charge in [-0.25, -0.2) is 9.78 Å². The quantitative estimate of drug-likeness (QED) is 0.707. The van der Waals surface area contributed by atoms with Gasteiger partial charge in [-0.15, -0.1) is 0 Å². The second-order valence-corrected chi connectivity index (χ2v) is 4.03. The lowest BCUT2D eigenvalue weighted by atomic mass is 10.2. The number of hydrogen-bond acceptors (Lipinski definition) is 3. The van der Waals surface area contributed by atoms with Crippen molar-refractivity contribution in [2.75, 3.05) is 11.9 Å². The van der Waals surface area contributed by atoms with Crippen molar-refractivity contribution in [1.29, 1.82) is 0 Å². The first kappa shape index (κ1) is 13.7. The zero-order chi connectivity index (χ0) is 12.7. The van der Waals surface area contributed by atoms with Crippen molar-refractivity contribution >= 4 is 23.3 Å². The highest BCUT2D eigenvalue weighted by Gasteiger charge is 2.06. The molecule has 17 heavy (non-hydrogen) atoms. The van der Waals surface area contributed by atoms with Gasteiger partial charge in [0.15, 0.2) is 0 Å². The highest BCUT2D eigenvalue weighted by molar-refractivity contribution is 6.29. The summed E-state index contributed by atoms with van der Waals surface area (Å²) in [6.07, 6.45) is 2.51. The lowest BCUT2D eigenvalue weighted by Gasteiger charge is -2.11. The van der Waals surface area contributed by atoms with Crippen LogP contribution in [-0.4, -0.2) is 28.8 Å². The first-order valence-electron chi connectivity index (χ1n) is 5.46. The summed E-state index contributed by atoms with van der Waals surface area (Å²) in [6, 6.07) is 2.87. The zero-order valence-corrected chi connectivity index (χ0v) is 10.4. The van der Waals surface area contributed by atoms with Gasteiger partial charge in [0, 0.05) is 6.54 Å². The maximum atomic E-state index is 11.4. The van der Waals surface area contributed by atoms with E-state index < -0.39 is 6.10 Å². The Balaban J connectivity index is 2.32. The molecule has 1 heterocycles. The average molecular weight is 258 g/mol. The Morgan fingerprint density at radius 1 is 1.59 bits per heavy atom. The number of hydrogen-bond donors (Lipinski definition) is 3. The standard InChI is InChI=1S/C11H16ClN3O2/c1-2-3-9(16)7-14-11(17)15-8-4-5-10(12)13-6-8/h4-6,9,16H,2-3,7H2,1H3,(H2,14,15,17). The molecule has 94 valence electrons. The van der Waals surface area contributed by atoms with Crippen LogP contribution in [0.1, 0.15) is 19.8 Å². The number of carbonyl (C=O) groups is 1. The van der Waals surface area contributed by atoms with Crippen LogP contribution < -0.4 is 10.6 Å². The molecule has 0 radical (unpaired) electrons. The van der Waals surface area contributed by atoms with Crippen LogP contribution in [-0.2, 0) is 0 Å². The summed E-state index contributed by atoms with van der Waals surface area (Å²) in [6.45, 7) is 2.21. The number of aliphatic hydroxyl groups excluding tert-OH is 1. The molecule has 2 amide bonds. The van der Waals surface area contributed by atoms with Crippen LogP contribution in [0.25, 0.3) is 0 Å². The SMILES string of the molecule is CCCC(O)CNC(=O)Nc1ccc(Cl)nc1. The van der Waals surface area contributed by atoms with E-state index in [-0.39, 0.29) is 12.6 Å². The number of rotatable bonds is 5. The lowest BCUT2D eigenvalue weighted by Crippen LogP contribution is -2.35. The molecule has 1 atom stereocenters. The molecule has 0 spiro atoms. The van der Waals surface area contributed by atoms with Crippen LogP contribution in [0.4, 0.5) is 10.5 Å². The Hall–Kier alpha value is -1.33. The number of carbonyl (C=O) groups excluding carboxylic acids is 1. The molecule has 6 heteroatoms. The Bertz CT molecular complexity index is 356.